The molecule has 0 saturated carbocycles. The van der Waals surface area contributed by atoms with Crippen LogP contribution in [0.3, 0.4) is 0 Å². The fourth-order valence-electron chi connectivity index (χ4n) is 0.700. The van der Waals surface area contributed by atoms with E-state index in [1.165, 1.54) is 18.4 Å². The van der Waals surface area contributed by atoms with Crippen LogP contribution in [-0.2, 0) is 5.11 Å². The van der Waals surface area contributed by atoms with Crippen molar-refractivity contribution in [1.82, 2.24) is 0 Å². The van der Waals surface area contributed by atoms with Crippen molar-refractivity contribution in [3.63, 3.8) is 0 Å². The van der Waals surface area contributed by atoms with Crippen molar-refractivity contribution in [3.05, 3.63) is 11.6 Å². The molecular weight excluding hydrogens is 112 g/mol. The first-order valence-electron chi connectivity index (χ1n) is 3.55. The Morgan fingerprint density at radius 2 is 2.22 bits per heavy atom. The summed E-state index contributed by atoms with van der Waals surface area (Å²) in [4.78, 5) is 0. The third-order valence-corrected chi connectivity index (χ3v) is 1.36. The molecular formula is C8H15O. The van der Waals surface area contributed by atoms with Gasteiger partial charge in [0.15, 0.2) is 0 Å². The zero-order valence-corrected chi connectivity index (χ0v) is 6.31. The van der Waals surface area contributed by atoms with Gasteiger partial charge in [-0.25, -0.2) is 5.11 Å². The molecule has 0 N–H and O–H groups in total. The quantitative estimate of drug-likeness (QED) is 0.517. The van der Waals surface area contributed by atoms with Gasteiger partial charge in [0.05, 0.1) is 0 Å². The van der Waals surface area contributed by atoms with E-state index in [-0.39, 0.29) is 6.61 Å². The van der Waals surface area contributed by atoms with E-state index < -0.39 is 0 Å². The maximum absolute atomic E-state index is 10.0. The summed E-state index contributed by atoms with van der Waals surface area (Å²) in [7, 11) is 0. The van der Waals surface area contributed by atoms with Crippen LogP contribution in [0.4, 0.5) is 0 Å². The molecule has 0 spiro atoms. The third-order valence-electron chi connectivity index (χ3n) is 1.36. The van der Waals surface area contributed by atoms with Crippen LogP contribution in [0.25, 0.3) is 0 Å². The highest BCUT2D eigenvalue weighted by atomic mass is 16.2. The summed E-state index contributed by atoms with van der Waals surface area (Å²) in [6.07, 6.45) is 5.28. The topological polar surface area (TPSA) is 19.9 Å². The average Bonchev–Trinajstić information content (AvgIpc) is 1.85. The maximum atomic E-state index is 10.0. The van der Waals surface area contributed by atoms with Gasteiger partial charge in [-0.1, -0.05) is 25.0 Å². The molecule has 0 aromatic heterocycles. The fraction of sp³-hybridized carbons (Fsp3) is 0.750. The van der Waals surface area contributed by atoms with Crippen molar-refractivity contribution in [2.24, 2.45) is 0 Å². The summed E-state index contributed by atoms with van der Waals surface area (Å²) in [6, 6.07) is 0. The molecule has 0 aliphatic heterocycles. The maximum Gasteiger partial charge on any atom is 0.101 e. The zero-order valence-electron chi connectivity index (χ0n) is 6.31. The second-order valence-electron chi connectivity index (χ2n) is 2.32. The molecule has 0 aliphatic rings. The second-order valence-corrected chi connectivity index (χ2v) is 2.32. The molecule has 0 saturated heterocycles. The first-order valence-corrected chi connectivity index (χ1v) is 3.55. The van der Waals surface area contributed by atoms with E-state index in [1.807, 2.05) is 6.92 Å². The predicted molar refractivity (Wildman–Crippen MR) is 38.8 cm³/mol. The third kappa shape index (κ3) is 5.57. The van der Waals surface area contributed by atoms with Crippen molar-refractivity contribution < 1.29 is 5.11 Å². The lowest BCUT2D eigenvalue weighted by atomic mass is 10.1. The second kappa shape index (κ2) is 5.83. The minimum Gasteiger partial charge on any atom is -0.232 e. The molecule has 9 heavy (non-hydrogen) atoms. The monoisotopic (exact) mass is 127 g/mol. The first-order chi connectivity index (χ1) is 4.31. The Morgan fingerprint density at radius 1 is 1.56 bits per heavy atom. The molecule has 1 heteroatoms. The van der Waals surface area contributed by atoms with Crippen LogP contribution < -0.4 is 0 Å². The average molecular weight is 127 g/mol. The van der Waals surface area contributed by atoms with Gasteiger partial charge >= 0.3 is 0 Å². The summed E-state index contributed by atoms with van der Waals surface area (Å²) >= 11 is 0. The molecule has 0 amide bonds. The Hall–Kier alpha value is -0.300. The van der Waals surface area contributed by atoms with E-state index in [0.717, 1.165) is 6.42 Å². The van der Waals surface area contributed by atoms with Gasteiger partial charge in [-0.15, -0.1) is 0 Å². The van der Waals surface area contributed by atoms with Crippen LogP contribution in [0.1, 0.15) is 33.1 Å². The number of allylic oxidation sites excluding steroid dienone is 1. The van der Waals surface area contributed by atoms with Gasteiger partial charge in [-0.05, 0) is 19.8 Å². The van der Waals surface area contributed by atoms with Crippen LogP contribution in [0.5, 0.6) is 0 Å². The van der Waals surface area contributed by atoms with E-state index in [1.54, 1.807) is 6.08 Å². The molecule has 0 rings (SSSR count). The summed E-state index contributed by atoms with van der Waals surface area (Å²) in [5.74, 6) is 0. The van der Waals surface area contributed by atoms with Gasteiger partial charge in [-0.3, -0.25) is 0 Å². The van der Waals surface area contributed by atoms with E-state index >= 15 is 0 Å². The standard InChI is InChI=1S/C8H15O/c1-3-4-5-8(2)6-7-9/h6H,3-5,7H2,1-2H3. The van der Waals surface area contributed by atoms with Crippen molar-refractivity contribution in [1.29, 1.82) is 0 Å². The van der Waals surface area contributed by atoms with Gasteiger partial charge in [0.1, 0.15) is 6.61 Å². The Bertz CT molecular complexity index is 84.6. The lowest BCUT2D eigenvalue weighted by Crippen LogP contribution is -1.79. The van der Waals surface area contributed by atoms with E-state index in [4.69, 9.17) is 0 Å². The van der Waals surface area contributed by atoms with Crippen LogP contribution in [-0.4, -0.2) is 6.61 Å². The van der Waals surface area contributed by atoms with Crippen molar-refractivity contribution in [2.75, 3.05) is 6.61 Å². The smallest absolute Gasteiger partial charge is 0.101 e. The van der Waals surface area contributed by atoms with Crippen molar-refractivity contribution in [2.45, 2.75) is 33.1 Å². The van der Waals surface area contributed by atoms with Gasteiger partial charge in [-0.2, -0.15) is 0 Å². The molecule has 0 aromatic carbocycles. The molecule has 53 valence electrons. The zero-order chi connectivity index (χ0) is 7.11. The largest absolute Gasteiger partial charge is 0.232 e. The SMILES string of the molecule is CCCCC(C)=CC[O]. The number of hydrogen-bond donors (Lipinski definition) is 0. The van der Waals surface area contributed by atoms with Crippen molar-refractivity contribution >= 4 is 0 Å². The van der Waals surface area contributed by atoms with E-state index in [9.17, 15) is 5.11 Å². The Labute approximate surface area is 57.4 Å². The summed E-state index contributed by atoms with van der Waals surface area (Å²) < 4.78 is 0. The van der Waals surface area contributed by atoms with Crippen LogP contribution >= 0.6 is 0 Å². The lowest BCUT2D eigenvalue weighted by molar-refractivity contribution is 0.231. The van der Waals surface area contributed by atoms with Crippen LogP contribution in [0.2, 0.25) is 0 Å². The molecule has 0 bridgehead atoms. The van der Waals surface area contributed by atoms with Crippen LogP contribution in [0, 0.1) is 0 Å². The molecule has 0 heterocycles. The minimum absolute atomic E-state index is 0.0600. The highest BCUT2D eigenvalue weighted by Crippen LogP contribution is 2.04. The fourth-order valence-corrected chi connectivity index (χ4v) is 0.700. The molecule has 0 aliphatic carbocycles. The molecule has 1 nitrogen and oxygen atoms in total. The Kier molecular flexibility index (Phi) is 5.64. The normalized spacial score (nSPS) is 12.1. The minimum atomic E-state index is -0.0600. The summed E-state index contributed by atoms with van der Waals surface area (Å²) in [5.41, 5.74) is 1.24. The first kappa shape index (κ1) is 8.70. The number of rotatable bonds is 4. The Morgan fingerprint density at radius 3 is 2.67 bits per heavy atom. The Balaban J connectivity index is 3.25. The molecule has 0 unspecified atom stereocenters. The highest BCUT2D eigenvalue weighted by molar-refractivity contribution is 4.96. The number of hydrogen-bond acceptors (Lipinski definition) is 0. The summed E-state index contributed by atoms with van der Waals surface area (Å²) in [6.45, 7) is 4.12. The predicted octanol–water partition coefficient (Wildman–Crippen LogP) is 2.55. The highest BCUT2D eigenvalue weighted by Gasteiger charge is 1.86. The van der Waals surface area contributed by atoms with Gasteiger partial charge in [0.25, 0.3) is 0 Å². The molecule has 0 atom stereocenters. The van der Waals surface area contributed by atoms with Gasteiger partial charge in [0.2, 0.25) is 0 Å². The molecule has 0 fully saturated rings. The molecule has 1 radical (unpaired) electrons. The summed E-state index contributed by atoms with van der Waals surface area (Å²) in [5, 5.41) is 10.0. The lowest BCUT2D eigenvalue weighted by Gasteiger charge is -1.95. The van der Waals surface area contributed by atoms with Crippen LogP contribution in [0.15, 0.2) is 11.6 Å². The number of unbranched alkanes of at least 4 members (excludes halogenated alkanes) is 1. The van der Waals surface area contributed by atoms with E-state index in [0.29, 0.717) is 0 Å². The van der Waals surface area contributed by atoms with Gasteiger partial charge in [0, 0.05) is 0 Å². The van der Waals surface area contributed by atoms with Gasteiger partial charge < -0.3 is 0 Å². The van der Waals surface area contributed by atoms with E-state index in [2.05, 4.69) is 6.92 Å². The molecule has 0 aromatic rings. The van der Waals surface area contributed by atoms with Crippen molar-refractivity contribution in [3.8, 4) is 0 Å².